The molecule has 0 rings (SSSR count). The Labute approximate surface area is 79.7 Å². The zero-order valence-corrected chi connectivity index (χ0v) is 8.81. The molecule has 0 radical (unpaired) electrons. The van der Waals surface area contributed by atoms with Crippen LogP contribution in [0.15, 0.2) is 0 Å². The van der Waals surface area contributed by atoms with Gasteiger partial charge in [-0.05, 0) is 11.8 Å². The van der Waals surface area contributed by atoms with Crippen LogP contribution < -0.4 is 5.73 Å². The van der Waals surface area contributed by atoms with E-state index in [1.54, 1.807) is 0 Å². The van der Waals surface area contributed by atoms with Crippen LogP contribution in [-0.2, 0) is 4.79 Å². The normalized spacial score (nSPS) is 11.6. The Balaban J connectivity index is 0. The van der Waals surface area contributed by atoms with Gasteiger partial charge >= 0.3 is 5.97 Å². The standard InChI is InChI=1S/C8H17NO2.ClH/c1-5(2)8(9,6(3)4)7(10)11;/h5-6H,9H2,1-4H3,(H,10,11);1H. The van der Waals surface area contributed by atoms with Gasteiger partial charge in [-0.25, -0.2) is 0 Å². The molecule has 0 heterocycles. The quantitative estimate of drug-likeness (QED) is 0.718. The average Bonchev–Trinajstić information content (AvgIpc) is 1.84. The van der Waals surface area contributed by atoms with Crippen LogP contribution in [0.1, 0.15) is 27.7 Å². The van der Waals surface area contributed by atoms with E-state index in [2.05, 4.69) is 0 Å². The molecule has 0 amide bonds. The average molecular weight is 196 g/mol. The maximum atomic E-state index is 10.8. The highest BCUT2D eigenvalue weighted by Gasteiger charge is 2.40. The maximum Gasteiger partial charge on any atom is 0.324 e. The molecule has 12 heavy (non-hydrogen) atoms. The first-order chi connectivity index (χ1) is 4.83. The van der Waals surface area contributed by atoms with E-state index < -0.39 is 11.5 Å². The van der Waals surface area contributed by atoms with Crippen molar-refractivity contribution < 1.29 is 9.90 Å². The third-order valence-corrected chi connectivity index (χ3v) is 2.28. The van der Waals surface area contributed by atoms with Crippen molar-refractivity contribution in [3.8, 4) is 0 Å². The Hall–Kier alpha value is -0.280. The first-order valence-electron chi connectivity index (χ1n) is 3.85. The second-order valence-electron chi connectivity index (χ2n) is 3.55. The van der Waals surface area contributed by atoms with Gasteiger partial charge in [0.25, 0.3) is 0 Å². The van der Waals surface area contributed by atoms with Gasteiger partial charge in [0.1, 0.15) is 5.54 Å². The van der Waals surface area contributed by atoms with E-state index in [1.807, 2.05) is 27.7 Å². The summed E-state index contributed by atoms with van der Waals surface area (Å²) in [5.74, 6) is -0.998. The van der Waals surface area contributed by atoms with Crippen LogP contribution in [0.4, 0.5) is 0 Å². The Bertz CT molecular complexity index is 149. The summed E-state index contributed by atoms with van der Waals surface area (Å²) in [6.45, 7) is 7.31. The highest BCUT2D eigenvalue weighted by atomic mass is 35.5. The van der Waals surface area contributed by atoms with Crippen molar-refractivity contribution in [2.24, 2.45) is 17.6 Å². The molecule has 0 aliphatic rings. The van der Waals surface area contributed by atoms with E-state index in [-0.39, 0.29) is 24.2 Å². The number of carboxylic acids is 1. The van der Waals surface area contributed by atoms with Gasteiger partial charge in [0.2, 0.25) is 0 Å². The molecular formula is C8H18ClNO2. The van der Waals surface area contributed by atoms with Crippen molar-refractivity contribution in [3.05, 3.63) is 0 Å². The summed E-state index contributed by atoms with van der Waals surface area (Å²) in [4.78, 5) is 10.8. The topological polar surface area (TPSA) is 63.3 Å². The second-order valence-corrected chi connectivity index (χ2v) is 3.55. The van der Waals surface area contributed by atoms with Gasteiger partial charge in [0, 0.05) is 0 Å². The molecule has 0 spiro atoms. The lowest BCUT2D eigenvalue weighted by molar-refractivity contribution is -0.147. The molecule has 0 saturated heterocycles. The molecule has 0 bridgehead atoms. The summed E-state index contributed by atoms with van der Waals surface area (Å²) in [6.07, 6.45) is 0. The summed E-state index contributed by atoms with van der Waals surface area (Å²) in [5.41, 5.74) is 4.64. The van der Waals surface area contributed by atoms with Gasteiger partial charge in [0.05, 0.1) is 0 Å². The molecule has 0 saturated carbocycles. The van der Waals surface area contributed by atoms with Crippen molar-refractivity contribution in [1.29, 1.82) is 0 Å². The molecule has 0 aromatic heterocycles. The van der Waals surface area contributed by atoms with Crippen molar-refractivity contribution in [2.75, 3.05) is 0 Å². The van der Waals surface area contributed by atoms with E-state index in [4.69, 9.17) is 10.8 Å². The summed E-state index contributed by atoms with van der Waals surface area (Å²) in [6, 6.07) is 0. The Kier molecular flexibility index (Phi) is 5.55. The molecule has 3 nitrogen and oxygen atoms in total. The number of hydrogen-bond acceptors (Lipinski definition) is 2. The molecule has 0 aliphatic heterocycles. The van der Waals surface area contributed by atoms with E-state index >= 15 is 0 Å². The predicted molar refractivity (Wildman–Crippen MR) is 51.5 cm³/mol. The van der Waals surface area contributed by atoms with Gasteiger partial charge in [-0.15, -0.1) is 12.4 Å². The number of rotatable bonds is 3. The first kappa shape index (κ1) is 14.3. The molecule has 74 valence electrons. The molecule has 0 aromatic carbocycles. The third-order valence-electron chi connectivity index (χ3n) is 2.28. The smallest absolute Gasteiger partial charge is 0.324 e. The van der Waals surface area contributed by atoms with Gasteiger partial charge < -0.3 is 10.8 Å². The summed E-state index contributed by atoms with van der Waals surface area (Å²) < 4.78 is 0. The fraction of sp³-hybridized carbons (Fsp3) is 0.875. The van der Waals surface area contributed by atoms with Crippen molar-refractivity contribution in [2.45, 2.75) is 33.2 Å². The molecule has 0 fully saturated rings. The lowest BCUT2D eigenvalue weighted by Gasteiger charge is -2.32. The first-order valence-corrected chi connectivity index (χ1v) is 3.85. The highest BCUT2D eigenvalue weighted by molar-refractivity contribution is 5.85. The maximum absolute atomic E-state index is 10.8. The molecule has 0 aliphatic carbocycles. The number of carboxylic acid groups (broad SMARTS) is 1. The minimum Gasteiger partial charge on any atom is -0.480 e. The molecule has 0 unspecified atom stereocenters. The van der Waals surface area contributed by atoms with Gasteiger partial charge in [-0.1, -0.05) is 27.7 Å². The molecule has 0 atom stereocenters. The number of hydrogen-bond donors (Lipinski definition) is 2. The van der Waals surface area contributed by atoms with Crippen LogP contribution in [0.2, 0.25) is 0 Å². The number of aliphatic carboxylic acids is 1. The summed E-state index contributed by atoms with van der Waals surface area (Å²) >= 11 is 0. The van der Waals surface area contributed by atoms with E-state index in [1.165, 1.54) is 0 Å². The lowest BCUT2D eigenvalue weighted by atomic mass is 9.78. The minimum atomic E-state index is -1.08. The van der Waals surface area contributed by atoms with E-state index in [0.717, 1.165) is 0 Å². The number of carbonyl (C=O) groups is 1. The predicted octanol–water partition coefficient (Wildman–Crippen LogP) is 1.50. The third kappa shape index (κ3) is 2.35. The van der Waals surface area contributed by atoms with Crippen LogP contribution in [0, 0.1) is 11.8 Å². The van der Waals surface area contributed by atoms with E-state index in [9.17, 15) is 4.79 Å². The van der Waals surface area contributed by atoms with Crippen molar-refractivity contribution in [3.63, 3.8) is 0 Å². The minimum absolute atomic E-state index is 0. The second kappa shape index (κ2) is 4.67. The molecular weight excluding hydrogens is 178 g/mol. The Morgan fingerprint density at radius 1 is 1.25 bits per heavy atom. The lowest BCUT2D eigenvalue weighted by Crippen LogP contribution is -2.56. The van der Waals surface area contributed by atoms with Crippen LogP contribution in [-0.4, -0.2) is 16.6 Å². The SMILES string of the molecule is CC(C)C(N)(C(=O)O)C(C)C.Cl. The molecule has 3 N–H and O–H groups in total. The van der Waals surface area contributed by atoms with Gasteiger partial charge in [0.15, 0.2) is 0 Å². The Morgan fingerprint density at radius 2 is 1.50 bits per heavy atom. The van der Waals surface area contributed by atoms with E-state index in [0.29, 0.717) is 0 Å². The zero-order valence-electron chi connectivity index (χ0n) is 8.00. The monoisotopic (exact) mass is 195 g/mol. The number of halogens is 1. The Morgan fingerprint density at radius 3 is 1.50 bits per heavy atom. The fourth-order valence-corrected chi connectivity index (χ4v) is 1.16. The largest absolute Gasteiger partial charge is 0.480 e. The summed E-state index contributed by atoms with van der Waals surface area (Å²) in [7, 11) is 0. The fourth-order valence-electron chi connectivity index (χ4n) is 1.16. The van der Waals surface area contributed by atoms with Crippen molar-refractivity contribution >= 4 is 18.4 Å². The van der Waals surface area contributed by atoms with Crippen LogP contribution in [0.5, 0.6) is 0 Å². The van der Waals surface area contributed by atoms with Crippen LogP contribution >= 0.6 is 12.4 Å². The van der Waals surface area contributed by atoms with Crippen LogP contribution in [0.25, 0.3) is 0 Å². The zero-order chi connectivity index (χ0) is 9.23. The molecule has 0 aromatic rings. The van der Waals surface area contributed by atoms with Crippen LogP contribution in [0.3, 0.4) is 0 Å². The number of nitrogens with two attached hydrogens (primary N) is 1. The van der Waals surface area contributed by atoms with Crippen molar-refractivity contribution in [1.82, 2.24) is 0 Å². The van der Waals surface area contributed by atoms with Gasteiger partial charge in [-0.3, -0.25) is 4.79 Å². The van der Waals surface area contributed by atoms with Gasteiger partial charge in [-0.2, -0.15) is 0 Å². The highest BCUT2D eigenvalue weighted by Crippen LogP contribution is 2.23. The summed E-state index contributed by atoms with van der Waals surface area (Å²) in [5, 5.41) is 8.85. The molecule has 4 heteroatoms.